The number of ether oxygens (including phenoxy) is 1. The van der Waals surface area contributed by atoms with Gasteiger partial charge in [-0.15, -0.1) is 0 Å². The summed E-state index contributed by atoms with van der Waals surface area (Å²) in [6.07, 6.45) is 0.731. The van der Waals surface area contributed by atoms with E-state index in [0.29, 0.717) is 11.2 Å². The fraction of sp³-hybridized carbons (Fsp3) is 0.286. The molecule has 100 valence electrons. The lowest BCUT2D eigenvalue weighted by Gasteiger charge is -2.08. The minimum Gasteiger partial charge on any atom is -0.378 e. The summed E-state index contributed by atoms with van der Waals surface area (Å²) >= 11 is 8.69. The molecule has 0 amide bonds. The van der Waals surface area contributed by atoms with Gasteiger partial charge in [0.25, 0.3) is 0 Å². The number of H-pyrrole nitrogens is 1. The molecule has 2 aromatic rings. The molecule has 0 aliphatic carbocycles. The highest BCUT2D eigenvalue weighted by Crippen LogP contribution is 2.18. The Balaban J connectivity index is 2.33. The topological polar surface area (TPSA) is 37.9 Å². The Hall–Kier alpha value is -1.04. The molecule has 0 unspecified atom stereocenters. The zero-order valence-corrected chi connectivity index (χ0v) is 13.3. The van der Waals surface area contributed by atoms with E-state index in [1.54, 1.807) is 7.11 Å². The molecule has 1 N–H and O–H groups in total. The minimum absolute atomic E-state index is 0.480. The van der Waals surface area contributed by atoms with Crippen molar-refractivity contribution in [2.24, 2.45) is 0 Å². The van der Waals surface area contributed by atoms with Gasteiger partial charge in [-0.3, -0.25) is 0 Å². The molecule has 0 fully saturated rings. The molecule has 0 aliphatic rings. The van der Waals surface area contributed by atoms with Crippen LogP contribution in [-0.4, -0.2) is 17.1 Å². The average Bonchev–Trinajstić information content (AvgIpc) is 2.35. The molecular weight excluding hydrogens is 324 g/mol. The highest BCUT2D eigenvalue weighted by Gasteiger charge is 2.07. The lowest BCUT2D eigenvalue weighted by atomic mass is 10.1. The van der Waals surface area contributed by atoms with Gasteiger partial charge in [0.05, 0.1) is 16.8 Å². The van der Waals surface area contributed by atoms with E-state index in [-0.39, 0.29) is 0 Å². The summed E-state index contributed by atoms with van der Waals surface area (Å²) in [6, 6.07) is 8.37. The van der Waals surface area contributed by atoms with Crippen molar-refractivity contribution in [3.8, 4) is 0 Å². The van der Waals surface area contributed by atoms with Crippen molar-refractivity contribution in [1.82, 2.24) is 9.97 Å². The fourth-order valence-electron chi connectivity index (χ4n) is 1.90. The van der Waals surface area contributed by atoms with Crippen molar-refractivity contribution in [3.63, 3.8) is 0 Å². The first-order valence-corrected chi connectivity index (χ1v) is 7.12. The van der Waals surface area contributed by atoms with Gasteiger partial charge in [0.2, 0.25) is 0 Å². The van der Waals surface area contributed by atoms with Crippen LogP contribution in [0, 0.1) is 11.6 Å². The van der Waals surface area contributed by atoms with Gasteiger partial charge >= 0.3 is 0 Å². The molecule has 5 heteroatoms. The van der Waals surface area contributed by atoms with Crippen LogP contribution in [-0.2, 0) is 17.8 Å². The second-order valence-electron chi connectivity index (χ2n) is 4.38. The van der Waals surface area contributed by atoms with Crippen molar-refractivity contribution in [3.05, 3.63) is 56.0 Å². The van der Waals surface area contributed by atoms with Crippen molar-refractivity contribution in [2.75, 3.05) is 7.11 Å². The van der Waals surface area contributed by atoms with Crippen molar-refractivity contribution < 1.29 is 4.74 Å². The van der Waals surface area contributed by atoms with Gasteiger partial charge in [-0.1, -0.05) is 42.0 Å². The van der Waals surface area contributed by atoms with Crippen LogP contribution in [0.2, 0.25) is 0 Å². The molecule has 1 aromatic carbocycles. The number of aryl methyl sites for hydroxylation is 1. The maximum atomic E-state index is 5.25. The van der Waals surface area contributed by atoms with Crippen LogP contribution in [0.5, 0.6) is 0 Å². The summed E-state index contributed by atoms with van der Waals surface area (Å²) in [4.78, 5) is 7.67. The van der Waals surface area contributed by atoms with Crippen LogP contribution in [0.3, 0.4) is 0 Å². The van der Waals surface area contributed by atoms with E-state index in [1.165, 1.54) is 11.1 Å². The Kier molecular flexibility index (Phi) is 4.85. The Bertz CT molecular complexity index is 640. The monoisotopic (exact) mass is 338 g/mol. The third kappa shape index (κ3) is 3.72. The first kappa shape index (κ1) is 14.4. The molecule has 0 atom stereocenters. The van der Waals surface area contributed by atoms with Gasteiger partial charge in [0, 0.05) is 13.5 Å². The molecule has 19 heavy (non-hydrogen) atoms. The van der Waals surface area contributed by atoms with Crippen LogP contribution in [0.25, 0.3) is 0 Å². The number of aromatic amines is 1. The minimum atomic E-state index is 0.480. The van der Waals surface area contributed by atoms with E-state index in [4.69, 9.17) is 17.0 Å². The number of nitrogens with one attached hydrogen (secondary N) is 1. The van der Waals surface area contributed by atoms with E-state index in [9.17, 15) is 0 Å². The molecular formula is C14H15BrN2OS. The predicted molar refractivity (Wildman–Crippen MR) is 81.8 cm³/mol. The Morgan fingerprint density at radius 3 is 2.89 bits per heavy atom. The van der Waals surface area contributed by atoms with Crippen molar-refractivity contribution >= 4 is 28.1 Å². The Labute approximate surface area is 126 Å². The number of methoxy groups -OCH3 is 1. The molecule has 1 aromatic heterocycles. The van der Waals surface area contributed by atoms with Crippen LogP contribution in [0.15, 0.2) is 28.7 Å². The van der Waals surface area contributed by atoms with Crippen LogP contribution in [0.4, 0.5) is 0 Å². The maximum absolute atomic E-state index is 5.25. The second-order valence-corrected chi connectivity index (χ2v) is 5.56. The third-order valence-electron chi connectivity index (χ3n) is 2.73. The molecule has 0 aliphatic heterocycles. The summed E-state index contributed by atoms with van der Waals surface area (Å²) in [5.74, 6) is 0.853. The van der Waals surface area contributed by atoms with Crippen molar-refractivity contribution in [2.45, 2.75) is 20.0 Å². The Morgan fingerprint density at radius 1 is 1.42 bits per heavy atom. The van der Waals surface area contributed by atoms with E-state index >= 15 is 0 Å². The number of hydrogen-bond donors (Lipinski definition) is 1. The van der Waals surface area contributed by atoms with Gasteiger partial charge in [-0.2, -0.15) is 0 Å². The predicted octanol–water partition coefficient (Wildman–Crippen LogP) is 3.95. The first-order valence-electron chi connectivity index (χ1n) is 5.92. The van der Waals surface area contributed by atoms with Gasteiger partial charge in [-0.05, 0) is 28.4 Å². The lowest BCUT2D eigenvalue weighted by molar-refractivity contribution is 0.180. The third-order valence-corrected chi connectivity index (χ3v) is 4.14. The van der Waals surface area contributed by atoms with Gasteiger partial charge < -0.3 is 9.72 Å². The number of benzene rings is 1. The zero-order chi connectivity index (χ0) is 13.8. The number of hydrogen-bond acceptors (Lipinski definition) is 3. The molecule has 0 bridgehead atoms. The highest BCUT2D eigenvalue weighted by molar-refractivity contribution is 9.10. The van der Waals surface area contributed by atoms with E-state index in [0.717, 1.165) is 22.4 Å². The fourth-order valence-corrected chi connectivity index (χ4v) is 2.44. The number of rotatable bonds is 4. The molecule has 1 heterocycles. The summed E-state index contributed by atoms with van der Waals surface area (Å²) in [5, 5.41) is 0. The second kappa shape index (κ2) is 6.41. The average molecular weight is 339 g/mol. The maximum Gasteiger partial charge on any atom is 0.144 e. The molecule has 0 saturated heterocycles. The van der Waals surface area contributed by atoms with E-state index < -0.39 is 0 Å². The van der Waals surface area contributed by atoms with Crippen LogP contribution < -0.4 is 0 Å². The molecule has 3 nitrogen and oxygen atoms in total. The normalized spacial score (nSPS) is 10.7. The Morgan fingerprint density at radius 2 is 2.21 bits per heavy atom. The van der Waals surface area contributed by atoms with Crippen LogP contribution >= 0.6 is 28.1 Å². The van der Waals surface area contributed by atoms with Gasteiger partial charge in [0.15, 0.2) is 0 Å². The van der Waals surface area contributed by atoms with Gasteiger partial charge in [-0.25, -0.2) is 4.98 Å². The summed E-state index contributed by atoms with van der Waals surface area (Å²) in [5.41, 5.74) is 3.37. The number of halogens is 1. The van der Waals surface area contributed by atoms with Crippen molar-refractivity contribution in [1.29, 1.82) is 0 Å². The van der Waals surface area contributed by atoms with Gasteiger partial charge in [0.1, 0.15) is 10.5 Å². The first-order chi connectivity index (χ1) is 9.10. The number of aromatic nitrogens is 2. The zero-order valence-electron chi connectivity index (χ0n) is 10.9. The quantitative estimate of drug-likeness (QED) is 0.857. The largest absolute Gasteiger partial charge is 0.378 e. The molecule has 2 rings (SSSR count). The summed E-state index contributed by atoms with van der Waals surface area (Å²) in [6.45, 7) is 2.56. The summed E-state index contributed by atoms with van der Waals surface area (Å²) < 4.78 is 6.52. The van der Waals surface area contributed by atoms with Crippen LogP contribution in [0.1, 0.15) is 22.6 Å². The lowest BCUT2D eigenvalue weighted by Crippen LogP contribution is -2.03. The van der Waals surface area contributed by atoms with E-state index in [1.807, 2.05) is 6.07 Å². The number of nitrogens with zero attached hydrogens (tertiary/aromatic N) is 1. The SMILES string of the molecule is COCc1[nH]c(Cc2cccc(C)c2)nc(=S)c1Br. The molecule has 0 saturated carbocycles. The standard InChI is InChI=1S/C14H15BrN2OS/c1-9-4-3-5-10(6-9)7-12-16-11(8-18-2)13(15)14(19)17-12/h3-6H,7-8H2,1-2H3,(H,16,17,19). The molecule has 0 spiro atoms. The molecule has 0 radical (unpaired) electrons. The smallest absolute Gasteiger partial charge is 0.144 e. The highest BCUT2D eigenvalue weighted by atomic mass is 79.9. The summed E-state index contributed by atoms with van der Waals surface area (Å²) in [7, 11) is 1.66. The van der Waals surface area contributed by atoms with E-state index in [2.05, 4.69) is 51.0 Å².